The Morgan fingerprint density at radius 1 is 1.29 bits per heavy atom. The van der Waals surface area contributed by atoms with E-state index < -0.39 is 41.9 Å². The Morgan fingerprint density at radius 3 is 2.54 bits per heavy atom. The van der Waals surface area contributed by atoms with Crippen LogP contribution in [0.25, 0.3) is 0 Å². The molecule has 1 aromatic rings. The van der Waals surface area contributed by atoms with Crippen LogP contribution in [0, 0.1) is 0 Å². The predicted molar refractivity (Wildman–Crippen MR) is 74.8 cm³/mol. The molecule has 0 radical (unpaired) electrons. The van der Waals surface area contributed by atoms with Crippen LogP contribution in [0.3, 0.4) is 0 Å². The van der Waals surface area contributed by atoms with Crippen LogP contribution in [0.15, 0.2) is 24.3 Å². The molecule has 1 amide bonds. The standard InChI is InChI=1S/C15H16F3NO5/c16-15(17,18)10-4-1-3-9(7-10)11(20)12(21)19-6-2-5-14(24,8-19)13(22)23/h1,3-4,7,11,20,24H,2,5-6,8H2,(H,22,23). The van der Waals surface area contributed by atoms with Crippen LogP contribution < -0.4 is 0 Å². The van der Waals surface area contributed by atoms with Crippen LogP contribution in [0.4, 0.5) is 13.2 Å². The van der Waals surface area contributed by atoms with Crippen LogP contribution in [-0.4, -0.2) is 50.8 Å². The molecule has 1 saturated heterocycles. The summed E-state index contributed by atoms with van der Waals surface area (Å²) < 4.78 is 38.1. The molecule has 1 aliphatic heterocycles. The van der Waals surface area contributed by atoms with E-state index in [1.807, 2.05) is 0 Å². The molecule has 132 valence electrons. The van der Waals surface area contributed by atoms with Crippen LogP contribution in [0.5, 0.6) is 0 Å². The van der Waals surface area contributed by atoms with Crippen LogP contribution in [-0.2, 0) is 15.8 Å². The molecule has 24 heavy (non-hydrogen) atoms. The normalized spacial score (nSPS) is 23.0. The van der Waals surface area contributed by atoms with Gasteiger partial charge in [0.05, 0.1) is 12.1 Å². The second kappa shape index (κ2) is 6.40. The minimum atomic E-state index is -4.62. The number of nitrogens with zero attached hydrogens (tertiary/aromatic N) is 1. The summed E-state index contributed by atoms with van der Waals surface area (Å²) in [5, 5.41) is 29.0. The van der Waals surface area contributed by atoms with Crippen molar-refractivity contribution in [2.75, 3.05) is 13.1 Å². The third-order valence-corrected chi connectivity index (χ3v) is 3.94. The highest BCUT2D eigenvalue weighted by Gasteiger charge is 2.43. The number of piperidine rings is 1. The molecule has 6 nitrogen and oxygen atoms in total. The van der Waals surface area contributed by atoms with Crippen LogP contribution >= 0.6 is 0 Å². The van der Waals surface area contributed by atoms with Gasteiger partial charge in [-0.3, -0.25) is 4.79 Å². The molecule has 0 bridgehead atoms. The molecular weight excluding hydrogens is 331 g/mol. The van der Waals surface area contributed by atoms with Crippen molar-refractivity contribution in [3.63, 3.8) is 0 Å². The number of β-amino-alcohol motifs (C(OH)–C–C–N with tert-alkyl or cyclic N) is 1. The summed E-state index contributed by atoms with van der Waals surface area (Å²) in [7, 11) is 0. The Kier molecular flexibility index (Phi) is 4.86. The minimum Gasteiger partial charge on any atom is -0.479 e. The second-order valence-electron chi connectivity index (χ2n) is 5.73. The van der Waals surface area contributed by atoms with Gasteiger partial charge in [-0.2, -0.15) is 13.2 Å². The molecule has 2 atom stereocenters. The third-order valence-electron chi connectivity index (χ3n) is 3.94. The first kappa shape index (κ1) is 18.2. The number of carboxylic acids is 1. The first-order valence-corrected chi connectivity index (χ1v) is 7.14. The lowest BCUT2D eigenvalue weighted by Gasteiger charge is -2.37. The van der Waals surface area contributed by atoms with Gasteiger partial charge in [-0.25, -0.2) is 4.79 Å². The van der Waals surface area contributed by atoms with Crippen molar-refractivity contribution in [2.45, 2.75) is 30.7 Å². The first-order valence-electron chi connectivity index (χ1n) is 7.14. The topological polar surface area (TPSA) is 98.1 Å². The van der Waals surface area contributed by atoms with Crippen LogP contribution in [0.1, 0.15) is 30.1 Å². The van der Waals surface area contributed by atoms with Gasteiger partial charge in [0.15, 0.2) is 11.7 Å². The zero-order valence-electron chi connectivity index (χ0n) is 12.5. The summed E-state index contributed by atoms with van der Waals surface area (Å²) in [6.07, 6.45) is -6.34. The van der Waals surface area contributed by atoms with Gasteiger partial charge >= 0.3 is 12.1 Å². The van der Waals surface area contributed by atoms with Crippen molar-refractivity contribution in [1.82, 2.24) is 4.90 Å². The lowest BCUT2D eigenvalue weighted by molar-refractivity contribution is -0.168. The molecule has 1 aromatic carbocycles. The highest BCUT2D eigenvalue weighted by atomic mass is 19.4. The van der Waals surface area contributed by atoms with Gasteiger partial charge in [-0.1, -0.05) is 12.1 Å². The van der Waals surface area contributed by atoms with Gasteiger partial charge in [0.2, 0.25) is 0 Å². The third kappa shape index (κ3) is 3.68. The zero-order chi connectivity index (χ0) is 18.1. The van der Waals surface area contributed by atoms with Crippen molar-refractivity contribution in [3.05, 3.63) is 35.4 Å². The largest absolute Gasteiger partial charge is 0.479 e. The van der Waals surface area contributed by atoms with Crippen molar-refractivity contribution in [2.24, 2.45) is 0 Å². The molecule has 0 spiro atoms. The maximum atomic E-state index is 12.7. The molecule has 1 heterocycles. The molecule has 0 aliphatic carbocycles. The number of alkyl halides is 3. The molecule has 2 rings (SSSR count). The monoisotopic (exact) mass is 347 g/mol. The Hall–Kier alpha value is -2.13. The second-order valence-corrected chi connectivity index (χ2v) is 5.73. The molecule has 0 aromatic heterocycles. The summed E-state index contributed by atoms with van der Waals surface area (Å²) in [5.41, 5.74) is -3.38. The van der Waals surface area contributed by atoms with Gasteiger partial charge in [0.25, 0.3) is 5.91 Å². The van der Waals surface area contributed by atoms with E-state index in [9.17, 15) is 33.0 Å². The first-order chi connectivity index (χ1) is 11.0. The molecule has 3 N–H and O–H groups in total. The van der Waals surface area contributed by atoms with Gasteiger partial charge in [-0.15, -0.1) is 0 Å². The Balaban J connectivity index is 2.19. The fourth-order valence-electron chi connectivity index (χ4n) is 2.60. The molecule has 0 saturated carbocycles. The average Bonchev–Trinajstić information content (AvgIpc) is 2.52. The van der Waals surface area contributed by atoms with Crippen molar-refractivity contribution in [1.29, 1.82) is 0 Å². The minimum absolute atomic E-state index is 0.0498. The highest BCUT2D eigenvalue weighted by Crippen LogP contribution is 2.31. The van der Waals surface area contributed by atoms with Gasteiger partial charge in [0.1, 0.15) is 0 Å². The summed E-state index contributed by atoms with van der Waals surface area (Å²) in [4.78, 5) is 24.3. The zero-order valence-corrected chi connectivity index (χ0v) is 12.5. The number of rotatable bonds is 3. The number of carboxylic acid groups (broad SMARTS) is 1. The number of aliphatic hydroxyl groups excluding tert-OH is 1. The Morgan fingerprint density at radius 2 is 1.96 bits per heavy atom. The molecular formula is C15H16F3NO5. The van der Waals surface area contributed by atoms with E-state index >= 15 is 0 Å². The van der Waals surface area contributed by atoms with Gasteiger partial charge < -0.3 is 20.2 Å². The summed E-state index contributed by atoms with van der Waals surface area (Å²) in [5.74, 6) is -2.44. The average molecular weight is 347 g/mol. The van der Waals surface area contributed by atoms with E-state index in [0.717, 1.165) is 17.0 Å². The molecule has 1 aliphatic rings. The molecule has 9 heteroatoms. The predicted octanol–water partition coefficient (Wildman–Crippen LogP) is 1.18. The maximum absolute atomic E-state index is 12.7. The van der Waals surface area contributed by atoms with Gasteiger partial charge in [0, 0.05) is 6.54 Å². The lowest BCUT2D eigenvalue weighted by atomic mass is 9.92. The van der Waals surface area contributed by atoms with E-state index in [2.05, 4.69) is 0 Å². The Labute approximate surface area is 135 Å². The number of amides is 1. The van der Waals surface area contributed by atoms with E-state index in [-0.39, 0.29) is 24.9 Å². The van der Waals surface area contributed by atoms with E-state index in [0.29, 0.717) is 6.07 Å². The van der Waals surface area contributed by atoms with E-state index in [1.54, 1.807) is 0 Å². The van der Waals surface area contributed by atoms with Crippen molar-refractivity contribution in [3.8, 4) is 0 Å². The van der Waals surface area contributed by atoms with Crippen LogP contribution in [0.2, 0.25) is 0 Å². The van der Waals surface area contributed by atoms with E-state index in [4.69, 9.17) is 5.11 Å². The highest BCUT2D eigenvalue weighted by molar-refractivity contribution is 5.84. The fraction of sp³-hybridized carbons (Fsp3) is 0.467. The number of benzene rings is 1. The number of carbonyl (C=O) groups excluding carboxylic acids is 1. The Bertz CT molecular complexity index is 648. The number of hydrogen-bond donors (Lipinski definition) is 3. The fourth-order valence-corrected chi connectivity index (χ4v) is 2.60. The smallest absolute Gasteiger partial charge is 0.416 e. The number of likely N-dealkylation sites (tertiary alicyclic amines) is 1. The lowest BCUT2D eigenvalue weighted by Crippen LogP contribution is -2.55. The van der Waals surface area contributed by atoms with E-state index in [1.165, 1.54) is 6.07 Å². The SMILES string of the molecule is O=C(C(O)c1cccc(C(F)(F)F)c1)N1CCCC(O)(C(=O)O)C1. The summed E-state index contributed by atoms with van der Waals surface area (Å²) in [6, 6.07) is 3.71. The number of hydrogen-bond acceptors (Lipinski definition) is 4. The number of halogens is 3. The summed E-state index contributed by atoms with van der Waals surface area (Å²) >= 11 is 0. The maximum Gasteiger partial charge on any atom is 0.416 e. The molecule has 1 fully saturated rings. The molecule has 2 unspecified atom stereocenters. The number of aliphatic carboxylic acids is 1. The quantitative estimate of drug-likeness (QED) is 0.763. The number of carbonyl (C=O) groups is 2. The van der Waals surface area contributed by atoms with Gasteiger partial charge in [-0.05, 0) is 30.5 Å². The number of aliphatic hydroxyl groups is 2. The summed E-state index contributed by atoms with van der Waals surface area (Å²) in [6.45, 7) is -0.429. The van der Waals surface area contributed by atoms with Crippen molar-refractivity contribution >= 4 is 11.9 Å². The van der Waals surface area contributed by atoms with Crippen molar-refractivity contribution < 1.29 is 38.1 Å².